The van der Waals surface area contributed by atoms with Crippen LogP contribution in [0, 0.1) is 0 Å². The summed E-state index contributed by atoms with van der Waals surface area (Å²) in [6, 6.07) is 0. The summed E-state index contributed by atoms with van der Waals surface area (Å²) in [5, 5.41) is 0. The van der Waals surface area contributed by atoms with Crippen LogP contribution < -0.4 is 0 Å². The second kappa shape index (κ2) is 34.6. The van der Waals surface area contributed by atoms with Gasteiger partial charge in [0.15, 0.2) is 0 Å². The number of methoxy groups -OCH3 is 6. The monoisotopic (exact) mass is 659 g/mol. The summed E-state index contributed by atoms with van der Waals surface area (Å²) in [5.74, 6) is -1.70. The lowest BCUT2D eigenvalue weighted by Gasteiger charge is -2.28. The summed E-state index contributed by atoms with van der Waals surface area (Å²) in [6.45, 7) is 0. The fourth-order valence-electron chi connectivity index (χ4n) is 6.75. The lowest BCUT2D eigenvalue weighted by Crippen LogP contribution is -2.35. The van der Waals surface area contributed by atoms with Crippen molar-refractivity contribution >= 4 is 0 Å². The summed E-state index contributed by atoms with van der Waals surface area (Å²) in [7, 11) is 9.88. The van der Waals surface area contributed by atoms with Crippen molar-refractivity contribution in [3.63, 3.8) is 0 Å². The van der Waals surface area contributed by atoms with Gasteiger partial charge in [0.05, 0.1) is 0 Å². The molecule has 0 aromatic rings. The molecule has 0 aliphatic rings. The van der Waals surface area contributed by atoms with Crippen molar-refractivity contribution in [1.29, 1.82) is 0 Å². The van der Waals surface area contributed by atoms with Crippen LogP contribution in [0.15, 0.2) is 0 Å². The topological polar surface area (TPSA) is 55.4 Å². The highest BCUT2D eigenvalue weighted by Crippen LogP contribution is 2.23. The van der Waals surface area contributed by atoms with Gasteiger partial charge < -0.3 is 28.4 Å². The van der Waals surface area contributed by atoms with E-state index in [0.717, 1.165) is 25.7 Å². The third-order valence-electron chi connectivity index (χ3n) is 10.1. The van der Waals surface area contributed by atoms with E-state index in [1.165, 1.54) is 180 Å². The SMILES string of the molecule is COC(CCCCCCCCCCCCCCCCCCCCCCCCCCCCCCCCC(OC)(OC)OC)(OC)OC. The summed E-state index contributed by atoms with van der Waals surface area (Å²) < 4.78 is 32.2. The number of hydrogen-bond acceptors (Lipinski definition) is 6. The van der Waals surface area contributed by atoms with Gasteiger partial charge in [-0.3, -0.25) is 0 Å². The molecule has 0 aromatic heterocycles. The predicted octanol–water partition coefficient (Wildman–Crippen LogP) is 12.7. The van der Waals surface area contributed by atoms with Gasteiger partial charge in [-0.25, -0.2) is 0 Å². The normalized spacial score (nSPS) is 12.4. The lowest BCUT2D eigenvalue weighted by atomic mass is 10.0. The quantitative estimate of drug-likeness (QED) is 0.0484. The molecule has 278 valence electrons. The van der Waals surface area contributed by atoms with Crippen molar-refractivity contribution in [2.24, 2.45) is 0 Å². The Morgan fingerprint density at radius 3 is 0.413 bits per heavy atom. The fourth-order valence-corrected chi connectivity index (χ4v) is 6.75. The third kappa shape index (κ3) is 26.7. The molecule has 0 spiro atoms. The minimum Gasteiger partial charge on any atom is -0.331 e. The van der Waals surface area contributed by atoms with Gasteiger partial charge in [0.25, 0.3) is 11.9 Å². The van der Waals surface area contributed by atoms with Crippen LogP contribution in [-0.2, 0) is 28.4 Å². The van der Waals surface area contributed by atoms with Gasteiger partial charge in [-0.2, -0.15) is 0 Å². The second-order valence-corrected chi connectivity index (χ2v) is 13.7. The molecule has 0 aliphatic carbocycles. The molecule has 0 aliphatic heterocycles. The van der Waals surface area contributed by atoms with Crippen LogP contribution in [0.4, 0.5) is 0 Å². The van der Waals surface area contributed by atoms with Gasteiger partial charge in [-0.05, 0) is 12.8 Å². The zero-order chi connectivity index (χ0) is 33.9. The molecule has 0 unspecified atom stereocenters. The number of ether oxygens (including phenoxy) is 6. The van der Waals surface area contributed by atoms with Gasteiger partial charge in [-0.1, -0.05) is 180 Å². The number of hydrogen-bond donors (Lipinski definition) is 0. The van der Waals surface area contributed by atoms with E-state index in [-0.39, 0.29) is 0 Å². The first-order chi connectivity index (χ1) is 22.6. The molecule has 0 saturated heterocycles. The molecule has 0 bridgehead atoms. The first kappa shape index (κ1) is 45.8. The zero-order valence-corrected chi connectivity index (χ0v) is 32.1. The van der Waals surface area contributed by atoms with Crippen molar-refractivity contribution in [1.82, 2.24) is 0 Å². The highest BCUT2D eigenvalue weighted by molar-refractivity contribution is 4.58. The minimum atomic E-state index is -0.849. The Labute approximate surface area is 288 Å². The molecule has 6 nitrogen and oxygen atoms in total. The van der Waals surface area contributed by atoms with E-state index in [4.69, 9.17) is 28.4 Å². The van der Waals surface area contributed by atoms with Crippen LogP contribution in [0.1, 0.15) is 205 Å². The van der Waals surface area contributed by atoms with Crippen LogP contribution >= 0.6 is 0 Å². The van der Waals surface area contributed by atoms with Gasteiger partial charge in [-0.15, -0.1) is 0 Å². The molecule has 0 fully saturated rings. The van der Waals surface area contributed by atoms with Crippen LogP contribution in [0.2, 0.25) is 0 Å². The largest absolute Gasteiger partial charge is 0.331 e. The molecule has 0 N–H and O–H groups in total. The summed E-state index contributed by atoms with van der Waals surface area (Å²) >= 11 is 0. The number of unbranched alkanes of at least 4 members (excludes halogenated alkanes) is 29. The van der Waals surface area contributed by atoms with Crippen LogP contribution in [0.3, 0.4) is 0 Å². The van der Waals surface area contributed by atoms with Gasteiger partial charge in [0, 0.05) is 55.5 Å². The Balaban J connectivity index is 3.20. The van der Waals surface area contributed by atoms with E-state index < -0.39 is 11.9 Å². The van der Waals surface area contributed by atoms with Crippen molar-refractivity contribution in [2.75, 3.05) is 42.7 Å². The van der Waals surface area contributed by atoms with Gasteiger partial charge in [0.1, 0.15) is 0 Å². The second-order valence-electron chi connectivity index (χ2n) is 13.7. The first-order valence-electron chi connectivity index (χ1n) is 19.9. The van der Waals surface area contributed by atoms with Crippen molar-refractivity contribution in [3.05, 3.63) is 0 Å². The van der Waals surface area contributed by atoms with E-state index in [9.17, 15) is 0 Å². The lowest BCUT2D eigenvalue weighted by molar-refractivity contribution is -0.355. The van der Waals surface area contributed by atoms with Gasteiger partial charge in [0.2, 0.25) is 0 Å². The van der Waals surface area contributed by atoms with E-state index in [1.807, 2.05) is 0 Å². The minimum absolute atomic E-state index is 0.796. The molecule has 0 rings (SSSR count). The Bertz CT molecular complexity index is 512. The molecular formula is C40H82O6. The highest BCUT2D eigenvalue weighted by atomic mass is 16.9. The van der Waals surface area contributed by atoms with E-state index in [2.05, 4.69) is 0 Å². The van der Waals surface area contributed by atoms with Gasteiger partial charge >= 0.3 is 0 Å². The Morgan fingerprint density at radius 2 is 0.304 bits per heavy atom. The molecule has 0 atom stereocenters. The maximum atomic E-state index is 5.36. The van der Waals surface area contributed by atoms with E-state index in [0.29, 0.717) is 0 Å². The Hall–Kier alpha value is -0.240. The summed E-state index contributed by atoms with van der Waals surface area (Å²) in [4.78, 5) is 0. The standard InChI is InChI=1S/C40H82O6/c1-41-39(42-2,43-3)37-35-33-31-29-27-25-23-21-19-17-15-13-11-9-7-8-10-12-14-16-18-20-22-24-26-28-30-32-34-36-38-40(44-4,45-5)46-6/h7-38H2,1-6H3. The van der Waals surface area contributed by atoms with E-state index in [1.54, 1.807) is 42.7 Å². The molecule has 0 saturated carbocycles. The smallest absolute Gasteiger partial charge is 0.282 e. The zero-order valence-electron chi connectivity index (χ0n) is 32.1. The number of rotatable bonds is 39. The first-order valence-corrected chi connectivity index (χ1v) is 19.9. The van der Waals surface area contributed by atoms with Crippen molar-refractivity contribution < 1.29 is 28.4 Å². The van der Waals surface area contributed by atoms with E-state index >= 15 is 0 Å². The predicted molar refractivity (Wildman–Crippen MR) is 195 cm³/mol. The average Bonchev–Trinajstić information content (AvgIpc) is 3.09. The molecule has 46 heavy (non-hydrogen) atoms. The Kier molecular flexibility index (Phi) is 34.4. The third-order valence-corrected chi connectivity index (χ3v) is 10.1. The van der Waals surface area contributed by atoms with Crippen molar-refractivity contribution in [2.45, 2.75) is 217 Å². The van der Waals surface area contributed by atoms with Crippen molar-refractivity contribution in [3.8, 4) is 0 Å². The van der Waals surface area contributed by atoms with Crippen LogP contribution in [0.5, 0.6) is 0 Å². The van der Waals surface area contributed by atoms with Crippen LogP contribution in [-0.4, -0.2) is 54.6 Å². The maximum Gasteiger partial charge on any atom is 0.282 e. The summed E-state index contributed by atoms with van der Waals surface area (Å²) in [6.07, 6.45) is 43.1. The van der Waals surface area contributed by atoms with Crippen LogP contribution in [0.25, 0.3) is 0 Å². The fraction of sp³-hybridized carbons (Fsp3) is 1.00. The Morgan fingerprint density at radius 1 is 0.196 bits per heavy atom. The molecule has 0 aromatic carbocycles. The molecule has 0 radical (unpaired) electrons. The maximum absolute atomic E-state index is 5.36. The molecule has 6 heteroatoms. The molecule has 0 amide bonds. The average molecular weight is 659 g/mol. The highest BCUT2D eigenvalue weighted by Gasteiger charge is 2.29. The molecular weight excluding hydrogens is 576 g/mol. The summed E-state index contributed by atoms with van der Waals surface area (Å²) in [5.41, 5.74) is 0. The molecule has 0 heterocycles.